The van der Waals surface area contributed by atoms with Gasteiger partial charge in [-0.05, 0) is 237 Å². The Hall–Kier alpha value is -11.5. The smallest absolute Gasteiger partial charge is 0.0539 e. The number of aliphatic hydroxyl groups excluding tert-OH is 8. The first kappa shape index (κ1) is 117. The summed E-state index contributed by atoms with van der Waals surface area (Å²) in [5.74, 6) is 0. The molecule has 145 heavy (non-hydrogen) atoms. The summed E-state index contributed by atoms with van der Waals surface area (Å²) in [7, 11) is 0. The van der Waals surface area contributed by atoms with Crippen LogP contribution in [0.2, 0.25) is 0 Å². The van der Waals surface area contributed by atoms with Gasteiger partial charge in [0.1, 0.15) is 0 Å². The fourth-order valence-electron chi connectivity index (χ4n) is 18.1. The van der Waals surface area contributed by atoms with E-state index in [2.05, 4.69) is 333 Å². The van der Waals surface area contributed by atoms with E-state index in [1.807, 2.05) is 104 Å². The van der Waals surface area contributed by atoms with Crippen molar-refractivity contribution in [3.63, 3.8) is 0 Å². The minimum atomic E-state index is -0.375. The minimum Gasteiger partial charge on any atom is -0.393 e. The minimum absolute atomic E-state index is 0. The van der Waals surface area contributed by atoms with Gasteiger partial charge in [-0.2, -0.15) is 0 Å². The van der Waals surface area contributed by atoms with Gasteiger partial charge >= 0.3 is 0 Å². The Kier molecular flexibility index (Phi) is 44.2. The van der Waals surface area contributed by atoms with Crippen LogP contribution in [-0.4, -0.2) is 130 Å². The molecule has 0 saturated heterocycles. The topological polar surface area (TPSA) is 265 Å². The van der Waals surface area contributed by atoms with E-state index in [9.17, 15) is 0 Å². The number of nitrogens with zero attached hydrogens (tertiary/aromatic N) is 8. The summed E-state index contributed by atoms with van der Waals surface area (Å²) in [5.41, 5.74) is 30.3. The fraction of sp³-hybridized carbons (Fsp3) is 0.248. The number of hydrogen-bond donors (Lipinski definition) is 8. The van der Waals surface area contributed by atoms with Crippen molar-refractivity contribution in [3.05, 3.63) is 385 Å². The first-order valence-corrected chi connectivity index (χ1v) is 48.3. The first-order valence-electron chi connectivity index (χ1n) is 48.3. The molecule has 0 saturated carbocycles. The zero-order valence-corrected chi connectivity index (χ0v) is 94.9. The normalized spacial score (nSPS) is 12.9. The van der Waals surface area contributed by atoms with Gasteiger partial charge in [-0.25, -0.2) is 0 Å². The van der Waals surface area contributed by atoms with Crippen LogP contribution in [0, 0.1) is 79.7 Å². The van der Waals surface area contributed by atoms with Crippen LogP contribution < -0.4 is 0 Å². The maximum Gasteiger partial charge on any atom is 0.0539 e. The molecule has 0 amide bonds. The van der Waals surface area contributed by atoms with Gasteiger partial charge in [-0.15, -0.1) is 106 Å². The van der Waals surface area contributed by atoms with E-state index in [1.54, 1.807) is 55.4 Å². The second-order valence-electron chi connectivity index (χ2n) is 37.5. The predicted molar refractivity (Wildman–Crippen MR) is 579 cm³/mol. The summed E-state index contributed by atoms with van der Waals surface area (Å²) in [5, 5.41) is 83.0. The molecule has 8 atom stereocenters. The summed E-state index contributed by atoms with van der Waals surface area (Å²) in [6.45, 7) is 33.8. The molecule has 15 aromatic carbocycles. The number of aromatic nitrogens is 8. The van der Waals surface area contributed by atoms with Crippen molar-refractivity contribution < 1.29 is 121 Å². The molecule has 4 aromatic heterocycles. The molecule has 4 heterocycles. The Balaban J connectivity index is 0.000000196. The van der Waals surface area contributed by atoms with E-state index in [0.717, 1.165) is 101 Å². The fourth-order valence-corrected chi connectivity index (χ4v) is 18.1. The summed E-state index contributed by atoms with van der Waals surface area (Å²) >= 11 is 0. The van der Waals surface area contributed by atoms with Gasteiger partial charge in [-0.1, -0.05) is 265 Å². The van der Waals surface area contributed by atoms with E-state index in [-0.39, 0.29) is 135 Å². The quantitative estimate of drug-likeness (QED) is 0.0418. The molecule has 4 radical (unpaired) electrons. The molecule has 8 N–H and O–H groups in total. The van der Waals surface area contributed by atoms with Gasteiger partial charge in [-0.3, -0.25) is 19.9 Å². The molecule has 0 fully saturated rings. The van der Waals surface area contributed by atoms with Gasteiger partial charge in [0.05, 0.1) is 71.6 Å². The van der Waals surface area contributed by atoms with Crippen LogP contribution in [-0.2, 0) is 85.8 Å². The van der Waals surface area contributed by atoms with Gasteiger partial charge in [0.15, 0.2) is 0 Å². The van der Waals surface area contributed by atoms with E-state index < -0.39 is 0 Å². The van der Waals surface area contributed by atoms with Crippen molar-refractivity contribution in [1.29, 1.82) is 0 Å². The molecule has 19 aromatic rings. The number of rotatable bonds is 16. The van der Waals surface area contributed by atoms with E-state index in [1.165, 1.54) is 121 Å². The van der Waals surface area contributed by atoms with Crippen molar-refractivity contribution in [3.8, 4) is 101 Å². The summed E-state index contributed by atoms with van der Waals surface area (Å²) in [4.78, 5) is 36.7. The maximum absolute atomic E-state index is 8.56. The van der Waals surface area contributed by atoms with Crippen molar-refractivity contribution in [1.82, 2.24) is 39.9 Å². The predicted octanol–water partition coefficient (Wildman–Crippen LogP) is 26.7. The number of aryl methyl sites for hydroxylation is 8. The third-order valence-corrected chi connectivity index (χ3v) is 24.4. The monoisotopic (exact) mass is 2640 g/mol. The van der Waals surface area contributed by atoms with Crippen LogP contribution in [0.15, 0.2) is 304 Å². The second-order valence-corrected chi connectivity index (χ2v) is 37.5. The van der Waals surface area contributed by atoms with Gasteiger partial charge < -0.3 is 60.8 Å². The van der Waals surface area contributed by atoms with Crippen LogP contribution in [0.1, 0.15) is 152 Å². The van der Waals surface area contributed by atoms with Crippen LogP contribution in [0.4, 0.5) is 0 Å². The second kappa shape index (κ2) is 54.8. The summed E-state index contributed by atoms with van der Waals surface area (Å²) < 4.78 is 0. The molecule has 20 heteroatoms. The first-order chi connectivity index (χ1) is 67.5. The van der Waals surface area contributed by atoms with Crippen LogP contribution >= 0.6 is 0 Å². The number of fused-ring (bicyclic) bond motifs is 9. The third kappa shape index (κ3) is 31.0. The van der Waals surface area contributed by atoms with Crippen molar-refractivity contribution in [2.45, 2.75) is 205 Å². The van der Waals surface area contributed by atoms with Gasteiger partial charge in [0, 0.05) is 156 Å². The number of benzene rings is 15. The molecule has 1 aliphatic carbocycles. The average Bonchev–Trinajstić information content (AvgIpc) is 1.56. The largest absolute Gasteiger partial charge is 0.393 e. The molecule has 16 nitrogen and oxygen atoms in total. The zero-order chi connectivity index (χ0) is 101. The van der Waals surface area contributed by atoms with Crippen LogP contribution in [0.5, 0.6) is 0 Å². The average molecular weight is 2640 g/mol. The Morgan fingerprint density at radius 3 is 0.993 bits per heavy atom. The molecule has 0 aliphatic heterocycles. The van der Waals surface area contributed by atoms with Gasteiger partial charge in [0.2, 0.25) is 0 Å². The number of aliphatic hydroxyl groups is 8. The molecule has 0 bridgehead atoms. The number of hydrogen-bond acceptors (Lipinski definition) is 16. The molecular formula is C125H128Ir4N8O8-4. The van der Waals surface area contributed by atoms with Crippen molar-refractivity contribution in [2.75, 3.05) is 0 Å². The third-order valence-electron chi connectivity index (χ3n) is 24.4. The Morgan fingerprint density at radius 2 is 0.566 bits per heavy atom. The molecule has 8 unspecified atom stereocenters. The Bertz CT molecular complexity index is 7440. The summed E-state index contributed by atoms with van der Waals surface area (Å²) in [6, 6.07) is 113. The maximum atomic E-state index is 8.56. The van der Waals surface area contributed by atoms with Crippen LogP contribution in [0.25, 0.3) is 165 Å². The van der Waals surface area contributed by atoms with E-state index >= 15 is 0 Å². The summed E-state index contributed by atoms with van der Waals surface area (Å²) in [6.07, 6.45) is 6.16. The van der Waals surface area contributed by atoms with E-state index in [4.69, 9.17) is 40.9 Å². The zero-order valence-electron chi connectivity index (χ0n) is 85.3. The molecular weight excluding hydrogens is 2510 g/mol. The Labute approximate surface area is 908 Å². The molecule has 20 rings (SSSR count). The molecule has 1 aliphatic rings. The SMILES string of the molecule is CC(O)CC(C)O.CC(O)CC(C)O.CC(O)CC(C)O.CC(O)CC(C)O.Cc1cnc(-c2[c-]cc3ccc(-c4ccc5c(c4)C(C)(C)c4ccccc4-5)cc3c2)c(C)n1.Cc1cnc(-c2[c-]cc3ccc(-c4ccc5ccccc5c4)cc3c2)c(C)n1.Cc1cnc(-c2[c-]ccc3c(-c4cccc5ccccc45)cccc23)c(C)n1.Cc1cnc(-c2[c-]ccc3c(-c4ccccc4)cccc23)c(C)n1.[Ir].[Ir].[Ir].[Ir]. The van der Waals surface area contributed by atoms with Crippen LogP contribution in [0.3, 0.4) is 0 Å². The van der Waals surface area contributed by atoms with Crippen molar-refractivity contribution >= 4 is 64.6 Å². The van der Waals surface area contributed by atoms with Crippen molar-refractivity contribution in [2.24, 2.45) is 0 Å². The molecule has 0 spiro atoms. The standard InChI is InChI=1S/C31H25N2.2C26H19N2.C22H17N2.4C5H12O2.4Ir/c1-19-18-32-30(20(2)33-19)24-12-10-21-9-11-22(15-25(21)16-24)23-13-14-27-26-7-5-6-8-28(26)31(3,4)29(27)17-23;1-17-16-27-26(18(2)28-17)25-15-7-13-23-22(12-6-14-24(23)25)21-11-5-9-19-8-3-4-10-20(19)21;1-17-16-27-26(18(2)28-17)24-12-9-20-8-11-23(14-25(20)15-24)22-10-7-19-5-3-4-6-21(19)13-22;1-15-14-23-22(16(2)24-15)21-13-7-11-19-18(10-6-12-20(19)21)17-8-4-3-5-9-17;4*1-4(6)3-5(2)7;;;;/h5-11,13-18H,1-4H3;3-14,16H,1-2H3;3-11,13-16H,1-2H3;3-12,14H,1-2H3;4*4-7H,3H2,1-2H3;;;;/q4*-1;;;;;;;;. The molecule has 756 valence electrons. The Morgan fingerprint density at radius 1 is 0.248 bits per heavy atom. The van der Waals surface area contributed by atoms with Gasteiger partial charge in [0.25, 0.3) is 0 Å². The van der Waals surface area contributed by atoms with E-state index in [0.29, 0.717) is 25.7 Å².